The van der Waals surface area contributed by atoms with E-state index in [0.717, 1.165) is 49.3 Å². The molecule has 3 rings (SSSR count). The molecule has 0 aromatic heterocycles. The van der Waals surface area contributed by atoms with E-state index in [2.05, 4.69) is 11.8 Å². The Morgan fingerprint density at radius 1 is 1.25 bits per heavy atom. The Kier molecular flexibility index (Phi) is 4.31. The summed E-state index contributed by atoms with van der Waals surface area (Å²) < 4.78 is 16.4. The number of ether oxygens (including phenoxy) is 3. The molecule has 0 amide bonds. The first kappa shape index (κ1) is 13.6. The van der Waals surface area contributed by atoms with E-state index in [1.54, 1.807) is 0 Å². The van der Waals surface area contributed by atoms with E-state index in [4.69, 9.17) is 14.2 Å². The van der Waals surface area contributed by atoms with Crippen LogP contribution in [0.2, 0.25) is 0 Å². The van der Waals surface area contributed by atoms with Crippen LogP contribution in [-0.4, -0.2) is 37.9 Å². The number of hydrogen-bond acceptors (Lipinski definition) is 4. The zero-order chi connectivity index (χ0) is 13.8. The molecule has 20 heavy (non-hydrogen) atoms. The lowest BCUT2D eigenvalue weighted by molar-refractivity contribution is 0.173. The molecule has 0 bridgehead atoms. The Labute approximate surface area is 120 Å². The molecule has 1 aliphatic heterocycles. The van der Waals surface area contributed by atoms with Crippen molar-refractivity contribution in [2.24, 2.45) is 5.92 Å². The van der Waals surface area contributed by atoms with Crippen molar-refractivity contribution in [1.29, 1.82) is 0 Å². The van der Waals surface area contributed by atoms with Crippen LogP contribution in [-0.2, 0) is 0 Å². The summed E-state index contributed by atoms with van der Waals surface area (Å²) in [7, 11) is 0. The topological polar surface area (TPSA) is 30.9 Å². The number of benzene rings is 1. The molecule has 0 unspecified atom stereocenters. The molecule has 0 spiro atoms. The molecule has 0 saturated heterocycles. The molecule has 0 radical (unpaired) electrons. The molecule has 1 heterocycles. The second kappa shape index (κ2) is 6.35. The molecular weight excluding hydrogens is 254 g/mol. The highest BCUT2D eigenvalue weighted by Crippen LogP contribution is 2.35. The van der Waals surface area contributed by atoms with E-state index in [9.17, 15) is 0 Å². The fraction of sp³-hybridized carbons (Fsp3) is 0.625. The Morgan fingerprint density at radius 2 is 2.10 bits per heavy atom. The predicted molar refractivity (Wildman–Crippen MR) is 77.5 cm³/mol. The second-order valence-corrected chi connectivity index (χ2v) is 5.55. The van der Waals surface area contributed by atoms with E-state index >= 15 is 0 Å². The molecule has 1 saturated carbocycles. The molecule has 110 valence electrons. The van der Waals surface area contributed by atoms with Gasteiger partial charge in [0.2, 0.25) is 6.79 Å². The molecule has 4 nitrogen and oxygen atoms in total. The van der Waals surface area contributed by atoms with Gasteiger partial charge in [0, 0.05) is 19.2 Å². The van der Waals surface area contributed by atoms with Crippen LogP contribution in [0.25, 0.3) is 0 Å². The van der Waals surface area contributed by atoms with Crippen LogP contribution in [0, 0.1) is 5.92 Å². The van der Waals surface area contributed by atoms with Crippen molar-refractivity contribution in [2.45, 2.75) is 26.2 Å². The minimum atomic E-state index is 0.311. The highest BCUT2D eigenvalue weighted by Gasteiger charge is 2.23. The first-order chi connectivity index (χ1) is 9.85. The van der Waals surface area contributed by atoms with Gasteiger partial charge in [-0.2, -0.15) is 0 Å². The summed E-state index contributed by atoms with van der Waals surface area (Å²) in [6.07, 6.45) is 3.91. The van der Waals surface area contributed by atoms with E-state index in [1.165, 1.54) is 19.4 Å². The largest absolute Gasteiger partial charge is 0.493 e. The van der Waals surface area contributed by atoms with Crippen LogP contribution < -0.4 is 14.2 Å². The summed E-state index contributed by atoms with van der Waals surface area (Å²) in [6, 6.07) is 5.75. The van der Waals surface area contributed by atoms with Gasteiger partial charge in [-0.15, -0.1) is 0 Å². The molecule has 0 N–H and O–H groups in total. The summed E-state index contributed by atoms with van der Waals surface area (Å²) >= 11 is 0. The SMILES string of the molecule is CCN(CCCOc1ccc2c(c1)OCO2)CC1CC1. The third-order valence-electron chi connectivity index (χ3n) is 3.89. The Balaban J connectivity index is 1.38. The number of rotatable bonds is 8. The van der Waals surface area contributed by atoms with E-state index < -0.39 is 0 Å². The summed E-state index contributed by atoms with van der Waals surface area (Å²) in [5, 5.41) is 0. The molecular formula is C16H23NO3. The minimum absolute atomic E-state index is 0.311. The maximum atomic E-state index is 5.78. The molecule has 1 fully saturated rings. The molecule has 1 aromatic carbocycles. The van der Waals surface area contributed by atoms with Crippen LogP contribution in [0.15, 0.2) is 18.2 Å². The highest BCUT2D eigenvalue weighted by molar-refractivity contribution is 5.46. The van der Waals surface area contributed by atoms with E-state index in [0.29, 0.717) is 6.79 Å². The zero-order valence-corrected chi connectivity index (χ0v) is 12.1. The fourth-order valence-electron chi connectivity index (χ4n) is 2.49. The average molecular weight is 277 g/mol. The lowest BCUT2D eigenvalue weighted by atomic mass is 10.3. The van der Waals surface area contributed by atoms with Crippen molar-refractivity contribution < 1.29 is 14.2 Å². The monoisotopic (exact) mass is 277 g/mol. The number of nitrogens with zero attached hydrogens (tertiary/aromatic N) is 1. The maximum absolute atomic E-state index is 5.78. The van der Waals surface area contributed by atoms with Gasteiger partial charge in [0.25, 0.3) is 0 Å². The van der Waals surface area contributed by atoms with Crippen LogP contribution in [0.5, 0.6) is 17.2 Å². The first-order valence-electron chi connectivity index (χ1n) is 7.60. The van der Waals surface area contributed by atoms with Crippen molar-refractivity contribution in [3.8, 4) is 17.2 Å². The lowest BCUT2D eigenvalue weighted by Gasteiger charge is -2.20. The molecule has 4 heteroatoms. The van der Waals surface area contributed by atoms with E-state index in [-0.39, 0.29) is 0 Å². The Morgan fingerprint density at radius 3 is 2.90 bits per heavy atom. The van der Waals surface area contributed by atoms with Crippen molar-refractivity contribution in [1.82, 2.24) is 4.90 Å². The summed E-state index contributed by atoms with van der Waals surface area (Å²) in [4.78, 5) is 2.53. The van der Waals surface area contributed by atoms with Gasteiger partial charge in [-0.05, 0) is 43.9 Å². The highest BCUT2D eigenvalue weighted by atomic mass is 16.7. The normalized spacial score (nSPS) is 16.7. The second-order valence-electron chi connectivity index (χ2n) is 5.55. The fourth-order valence-corrected chi connectivity index (χ4v) is 2.49. The molecule has 1 aromatic rings. The van der Waals surface area contributed by atoms with Crippen LogP contribution >= 0.6 is 0 Å². The van der Waals surface area contributed by atoms with Gasteiger partial charge < -0.3 is 19.1 Å². The Hall–Kier alpha value is -1.42. The van der Waals surface area contributed by atoms with Crippen molar-refractivity contribution in [2.75, 3.05) is 33.0 Å². The minimum Gasteiger partial charge on any atom is -0.493 e. The summed E-state index contributed by atoms with van der Waals surface area (Å²) in [6.45, 7) is 6.83. The quantitative estimate of drug-likeness (QED) is 0.684. The number of fused-ring (bicyclic) bond motifs is 1. The van der Waals surface area contributed by atoms with Crippen molar-refractivity contribution >= 4 is 0 Å². The lowest BCUT2D eigenvalue weighted by Crippen LogP contribution is -2.27. The van der Waals surface area contributed by atoms with E-state index in [1.807, 2.05) is 18.2 Å². The van der Waals surface area contributed by atoms with Crippen LogP contribution in [0.3, 0.4) is 0 Å². The third kappa shape index (κ3) is 3.57. The predicted octanol–water partition coefficient (Wildman–Crippen LogP) is 2.92. The first-order valence-corrected chi connectivity index (χ1v) is 7.60. The van der Waals surface area contributed by atoms with Crippen molar-refractivity contribution in [3.05, 3.63) is 18.2 Å². The van der Waals surface area contributed by atoms with Gasteiger partial charge in [-0.25, -0.2) is 0 Å². The summed E-state index contributed by atoms with van der Waals surface area (Å²) in [5.74, 6) is 3.41. The van der Waals surface area contributed by atoms with Gasteiger partial charge in [0.15, 0.2) is 11.5 Å². The summed E-state index contributed by atoms with van der Waals surface area (Å²) in [5.41, 5.74) is 0. The average Bonchev–Trinajstić information content (AvgIpc) is 3.16. The standard InChI is InChI=1S/C16H23NO3/c1-2-17(11-13-4-5-13)8-3-9-18-14-6-7-15-16(10-14)20-12-19-15/h6-7,10,13H,2-5,8-9,11-12H2,1H3. The van der Waals surface area contributed by atoms with Gasteiger partial charge >= 0.3 is 0 Å². The molecule has 1 aliphatic carbocycles. The van der Waals surface area contributed by atoms with Gasteiger partial charge in [0.1, 0.15) is 5.75 Å². The van der Waals surface area contributed by atoms with Gasteiger partial charge in [-0.3, -0.25) is 0 Å². The van der Waals surface area contributed by atoms with Gasteiger partial charge in [0.05, 0.1) is 6.61 Å². The van der Waals surface area contributed by atoms with Crippen molar-refractivity contribution in [3.63, 3.8) is 0 Å². The zero-order valence-electron chi connectivity index (χ0n) is 12.1. The number of hydrogen-bond donors (Lipinski definition) is 0. The Bertz CT molecular complexity index is 445. The molecule has 2 aliphatic rings. The van der Waals surface area contributed by atoms with Gasteiger partial charge in [-0.1, -0.05) is 6.92 Å². The third-order valence-corrected chi connectivity index (χ3v) is 3.89. The maximum Gasteiger partial charge on any atom is 0.231 e. The van der Waals surface area contributed by atoms with Crippen LogP contribution in [0.4, 0.5) is 0 Å². The molecule has 0 atom stereocenters. The smallest absolute Gasteiger partial charge is 0.231 e. The van der Waals surface area contributed by atoms with Crippen LogP contribution in [0.1, 0.15) is 26.2 Å².